The molecule has 23 heavy (non-hydrogen) atoms. The maximum Gasteiger partial charge on any atom is 0.500 e. The van der Waals surface area contributed by atoms with Crippen LogP contribution < -0.4 is 0 Å². The normalized spacial score (nSPS) is 12.0. The fraction of sp³-hybridized carbons (Fsp3) is 0.938. The highest BCUT2D eigenvalue weighted by Crippen LogP contribution is 2.16. The lowest BCUT2D eigenvalue weighted by molar-refractivity contribution is -0.137. The van der Waals surface area contributed by atoms with Crippen molar-refractivity contribution < 1.29 is 23.2 Å². The summed E-state index contributed by atoms with van der Waals surface area (Å²) >= 11 is 0. The Morgan fingerprint density at radius 2 is 1.48 bits per heavy atom. The number of unbranched alkanes of at least 4 members (excludes halogenated alkanes) is 4. The molecule has 0 heterocycles. The van der Waals surface area contributed by atoms with Crippen LogP contribution >= 0.6 is 0 Å². The quantitative estimate of drug-likeness (QED) is 0.341. The number of carboxylic acid groups (broad SMARTS) is 1. The predicted octanol–water partition coefficient (Wildman–Crippen LogP) is 3.00. The summed E-state index contributed by atoms with van der Waals surface area (Å²) in [5.41, 5.74) is 0. The van der Waals surface area contributed by atoms with Gasteiger partial charge in [-0.2, -0.15) is 0 Å². The summed E-state index contributed by atoms with van der Waals surface area (Å²) in [6, 6.07) is 0.746. The highest BCUT2D eigenvalue weighted by molar-refractivity contribution is 6.60. The average molecular weight is 350 g/mol. The van der Waals surface area contributed by atoms with Crippen molar-refractivity contribution in [3.05, 3.63) is 0 Å². The van der Waals surface area contributed by atoms with E-state index in [-0.39, 0.29) is 6.42 Å². The molecule has 0 atom stereocenters. The Labute approximate surface area is 142 Å². The molecule has 0 aliphatic carbocycles. The third kappa shape index (κ3) is 10.8. The lowest BCUT2D eigenvalue weighted by atomic mass is 10.1. The summed E-state index contributed by atoms with van der Waals surface area (Å²) in [4.78, 5) is 13.0. The standard InChI is InChI=1S/C16H35NO5Si/c1-5-6-7-8-9-12-17(14-11-16(18)19)13-10-15-23(20-2,21-3)22-4/h5-15H2,1-4H3,(H,18,19). The first-order valence-corrected chi connectivity index (χ1v) is 10.6. The number of hydrogen-bond acceptors (Lipinski definition) is 5. The summed E-state index contributed by atoms with van der Waals surface area (Å²) in [6.07, 6.45) is 7.19. The molecule has 0 bridgehead atoms. The van der Waals surface area contributed by atoms with Gasteiger partial charge in [0.05, 0.1) is 6.42 Å². The zero-order chi connectivity index (χ0) is 17.6. The molecule has 0 aliphatic rings. The van der Waals surface area contributed by atoms with Crippen molar-refractivity contribution in [2.75, 3.05) is 41.0 Å². The minimum atomic E-state index is -2.52. The number of rotatable bonds is 16. The van der Waals surface area contributed by atoms with Gasteiger partial charge in [0.1, 0.15) is 0 Å². The third-order valence-electron chi connectivity index (χ3n) is 4.11. The smallest absolute Gasteiger partial charge is 0.481 e. The van der Waals surface area contributed by atoms with Crippen molar-refractivity contribution in [3.63, 3.8) is 0 Å². The SMILES string of the molecule is CCCCCCCN(CCC[Si](OC)(OC)OC)CCC(=O)O. The summed E-state index contributed by atoms with van der Waals surface area (Å²) < 4.78 is 16.3. The van der Waals surface area contributed by atoms with Crippen molar-refractivity contribution in [1.29, 1.82) is 0 Å². The highest BCUT2D eigenvalue weighted by atomic mass is 28.4. The van der Waals surface area contributed by atoms with Crippen LogP contribution in [0.25, 0.3) is 0 Å². The first-order valence-electron chi connectivity index (χ1n) is 8.63. The van der Waals surface area contributed by atoms with Crippen LogP contribution in [0.2, 0.25) is 6.04 Å². The van der Waals surface area contributed by atoms with E-state index in [4.69, 9.17) is 18.4 Å². The molecule has 0 radical (unpaired) electrons. The minimum absolute atomic E-state index is 0.191. The van der Waals surface area contributed by atoms with E-state index in [0.29, 0.717) is 6.54 Å². The Morgan fingerprint density at radius 1 is 0.913 bits per heavy atom. The number of nitrogens with zero attached hydrogens (tertiary/aromatic N) is 1. The van der Waals surface area contributed by atoms with E-state index in [1.807, 2.05) is 0 Å². The Morgan fingerprint density at radius 3 is 2.00 bits per heavy atom. The molecule has 0 aromatic carbocycles. The van der Waals surface area contributed by atoms with Gasteiger partial charge in [-0.05, 0) is 25.9 Å². The van der Waals surface area contributed by atoms with Gasteiger partial charge < -0.3 is 23.3 Å². The zero-order valence-corrected chi connectivity index (χ0v) is 16.3. The van der Waals surface area contributed by atoms with Crippen LogP contribution in [0, 0.1) is 0 Å². The maximum atomic E-state index is 10.8. The van der Waals surface area contributed by atoms with Crippen molar-refractivity contribution in [3.8, 4) is 0 Å². The summed E-state index contributed by atoms with van der Waals surface area (Å²) in [5, 5.41) is 8.89. The lowest BCUT2D eigenvalue weighted by Gasteiger charge is -2.26. The van der Waals surface area contributed by atoms with Crippen LogP contribution in [0.3, 0.4) is 0 Å². The lowest BCUT2D eigenvalue weighted by Crippen LogP contribution is -2.43. The molecule has 0 aromatic rings. The molecule has 0 amide bonds. The molecular formula is C16H35NO5Si. The molecule has 138 valence electrons. The van der Waals surface area contributed by atoms with Crippen LogP contribution in [0.1, 0.15) is 51.9 Å². The molecular weight excluding hydrogens is 314 g/mol. The second-order valence-electron chi connectivity index (χ2n) is 5.80. The monoisotopic (exact) mass is 349 g/mol. The Hall–Kier alpha value is -0.473. The van der Waals surface area contributed by atoms with E-state index >= 15 is 0 Å². The first kappa shape index (κ1) is 22.5. The summed E-state index contributed by atoms with van der Waals surface area (Å²) in [5.74, 6) is -0.740. The predicted molar refractivity (Wildman–Crippen MR) is 93.7 cm³/mol. The molecule has 7 heteroatoms. The Bertz CT molecular complexity index is 292. The second kappa shape index (κ2) is 13.9. The van der Waals surface area contributed by atoms with Crippen LogP contribution in [0.5, 0.6) is 0 Å². The molecule has 6 nitrogen and oxygen atoms in total. The van der Waals surface area contributed by atoms with E-state index in [1.54, 1.807) is 21.3 Å². The van der Waals surface area contributed by atoms with Gasteiger partial charge in [0, 0.05) is 33.9 Å². The zero-order valence-electron chi connectivity index (χ0n) is 15.3. The van der Waals surface area contributed by atoms with E-state index in [0.717, 1.165) is 32.0 Å². The van der Waals surface area contributed by atoms with E-state index in [2.05, 4.69) is 11.8 Å². The highest BCUT2D eigenvalue weighted by Gasteiger charge is 2.36. The molecule has 0 aromatic heterocycles. The van der Waals surface area contributed by atoms with E-state index < -0.39 is 14.8 Å². The summed E-state index contributed by atoms with van der Waals surface area (Å²) in [6.45, 7) is 4.62. The molecule has 0 saturated carbocycles. The average Bonchev–Trinajstić information content (AvgIpc) is 2.56. The van der Waals surface area contributed by atoms with Gasteiger partial charge >= 0.3 is 14.8 Å². The van der Waals surface area contributed by atoms with Gasteiger partial charge in [-0.15, -0.1) is 0 Å². The molecule has 0 spiro atoms. The second-order valence-corrected chi connectivity index (χ2v) is 8.89. The van der Waals surface area contributed by atoms with Crippen molar-refractivity contribution in [2.24, 2.45) is 0 Å². The van der Waals surface area contributed by atoms with Crippen molar-refractivity contribution in [2.45, 2.75) is 57.9 Å². The Balaban J connectivity index is 4.20. The number of aliphatic carboxylic acids is 1. The van der Waals surface area contributed by atoms with Crippen LogP contribution in [0.15, 0.2) is 0 Å². The Kier molecular flexibility index (Phi) is 13.6. The van der Waals surface area contributed by atoms with E-state index in [1.165, 1.54) is 25.7 Å². The first-order chi connectivity index (χ1) is 11.0. The van der Waals surface area contributed by atoms with Gasteiger partial charge in [-0.1, -0.05) is 32.6 Å². The molecule has 0 rings (SSSR count). The minimum Gasteiger partial charge on any atom is -0.481 e. The summed E-state index contributed by atoms with van der Waals surface area (Å²) in [7, 11) is 2.34. The van der Waals surface area contributed by atoms with Crippen LogP contribution in [-0.2, 0) is 18.1 Å². The fourth-order valence-electron chi connectivity index (χ4n) is 2.60. The van der Waals surface area contributed by atoms with Gasteiger partial charge in [0.25, 0.3) is 0 Å². The number of carbonyl (C=O) groups is 1. The maximum absolute atomic E-state index is 10.8. The van der Waals surface area contributed by atoms with Gasteiger partial charge in [-0.3, -0.25) is 4.79 Å². The van der Waals surface area contributed by atoms with Gasteiger partial charge in [0.2, 0.25) is 0 Å². The van der Waals surface area contributed by atoms with Gasteiger partial charge in [-0.25, -0.2) is 0 Å². The van der Waals surface area contributed by atoms with Crippen molar-refractivity contribution in [1.82, 2.24) is 4.90 Å². The molecule has 0 saturated heterocycles. The number of hydrogen-bond donors (Lipinski definition) is 1. The third-order valence-corrected chi connectivity index (χ3v) is 6.94. The van der Waals surface area contributed by atoms with Crippen LogP contribution in [-0.4, -0.2) is 65.7 Å². The molecule has 1 N–H and O–H groups in total. The fourth-order valence-corrected chi connectivity index (χ4v) is 4.31. The van der Waals surface area contributed by atoms with E-state index in [9.17, 15) is 4.79 Å². The topological polar surface area (TPSA) is 68.2 Å². The molecule has 0 fully saturated rings. The molecule has 0 aliphatic heterocycles. The largest absolute Gasteiger partial charge is 0.500 e. The van der Waals surface area contributed by atoms with Gasteiger partial charge in [0.15, 0.2) is 0 Å². The van der Waals surface area contributed by atoms with Crippen molar-refractivity contribution >= 4 is 14.8 Å². The number of carboxylic acids is 1. The molecule has 0 unspecified atom stereocenters. The van der Waals surface area contributed by atoms with Crippen LogP contribution in [0.4, 0.5) is 0 Å².